The summed E-state index contributed by atoms with van der Waals surface area (Å²) in [6.07, 6.45) is 7.98. The standard InChI is InChI=1S/C23H27N/c1-18-10-8-9-13-21(18)24-23(22(2,3)4)16-14-20(15-17-23)19-11-6-5-7-12-19/h5-16,24H,17H2,1-4H3. The second-order valence-electron chi connectivity index (χ2n) is 7.72. The van der Waals surface area contributed by atoms with Crippen LogP contribution in [-0.2, 0) is 0 Å². The quantitative estimate of drug-likeness (QED) is 0.707. The first-order chi connectivity index (χ1) is 11.4. The van der Waals surface area contributed by atoms with E-state index in [0.29, 0.717) is 0 Å². The van der Waals surface area contributed by atoms with Crippen molar-refractivity contribution in [2.75, 3.05) is 5.32 Å². The molecule has 0 aliphatic heterocycles. The minimum Gasteiger partial charge on any atom is -0.375 e. The number of nitrogens with one attached hydrogen (secondary N) is 1. The summed E-state index contributed by atoms with van der Waals surface area (Å²) in [6.45, 7) is 9.09. The molecule has 2 aromatic carbocycles. The average molecular weight is 317 g/mol. The van der Waals surface area contributed by atoms with Crippen molar-refractivity contribution >= 4 is 11.3 Å². The zero-order valence-electron chi connectivity index (χ0n) is 15.1. The van der Waals surface area contributed by atoms with E-state index in [1.165, 1.54) is 22.4 Å². The molecule has 0 heterocycles. The average Bonchev–Trinajstić information content (AvgIpc) is 2.57. The lowest BCUT2D eigenvalue weighted by atomic mass is 9.68. The van der Waals surface area contributed by atoms with Gasteiger partial charge in [0.1, 0.15) is 0 Å². The van der Waals surface area contributed by atoms with Gasteiger partial charge in [0.15, 0.2) is 0 Å². The van der Waals surface area contributed by atoms with Crippen LogP contribution in [0.2, 0.25) is 0 Å². The van der Waals surface area contributed by atoms with Crippen LogP contribution in [0.3, 0.4) is 0 Å². The maximum atomic E-state index is 3.84. The highest BCUT2D eigenvalue weighted by Crippen LogP contribution is 2.42. The number of aryl methyl sites for hydroxylation is 1. The molecule has 0 amide bonds. The minimum atomic E-state index is -0.0859. The Hall–Kier alpha value is -2.28. The van der Waals surface area contributed by atoms with Gasteiger partial charge in [0.2, 0.25) is 0 Å². The number of rotatable bonds is 3. The van der Waals surface area contributed by atoms with Gasteiger partial charge in [0.25, 0.3) is 0 Å². The van der Waals surface area contributed by atoms with Gasteiger partial charge in [-0.2, -0.15) is 0 Å². The molecule has 0 aromatic heterocycles. The molecule has 1 N–H and O–H groups in total. The number of benzene rings is 2. The Balaban J connectivity index is 1.92. The molecule has 0 bridgehead atoms. The Morgan fingerprint density at radius 3 is 2.17 bits per heavy atom. The van der Waals surface area contributed by atoms with E-state index in [0.717, 1.165) is 6.42 Å². The topological polar surface area (TPSA) is 12.0 Å². The largest absolute Gasteiger partial charge is 0.375 e. The van der Waals surface area contributed by atoms with Gasteiger partial charge in [-0.25, -0.2) is 0 Å². The third-order valence-electron chi connectivity index (χ3n) is 5.14. The first kappa shape index (κ1) is 16.6. The van der Waals surface area contributed by atoms with Crippen LogP contribution in [-0.4, -0.2) is 5.54 Å². The maximum absolute atomic E-state index is 3.84. The smallest absolute Gasteiger partial charge is 0.0642 e. The van der Waals surface area contributed by atoms with E-state index in [2.05, 4.69) is 106 Å². The molecule has 3 rings (SSSR count). The molecular formula is C23H27N. The van der Waals surface area contributed by atoms with Crippen molar-refractivity contribution < 1.29 is 0 Å². The molecule has 1 unspecified atom stereocenters. The predicted molar refractivity (Wildman–Crippen MR) is 105 cm³/mol. The third kappa shape index (κ3) is 3.17. The van der Waals surface area contributed by atoms with E-state index in [1.54, 1.807) is 0 Å². The zero-order valence-corrected chi connectivity index (χ0v) is 15.1. The molecule has 0 saturated heterocycles. The summed E-state index contributed by atoms with van der Waals surface area (Å²) >= 11 is 0. The Bertz CT molecular complexity index is 762. The van der Waals surface area contributed by atoms with Crippen molar-refractivity contribution in [2.24, 2.45) is 5.41 Å². The highest BCUT2D eigenvalue weighted by Gasteiger charge is 2.40. The molecule has 0 saturated carbocycles. The Morgan fingerprint density at radius 2 is 1.58 bits per heavy atom. The predicted octanol–water partition coefficient (Wildman–Crippen LogP) is 6.24. The van der Waals surface area contributed by atoms with Crippen molar-refractivity contribution in [1.82, 2.24) is 0 Å². The molecule has 1 aliphatic carbocycles. The molecule has 0 radical (unpaired) electrons. The number of para-hydroxylation sites is 1. The second-order valence-corrected chi connectivity index (χ2v) is 7.72. The zero-order chi connectivity index (χ0) is 17.2. The van der Waals surface area contributed by atoms with Crippen molar-refractivity contribution in [3.05, 3.63) is 84.0 Å². The lowest BCUT2D eigenvalue weighted by molar-refractivity contribution is 0.265. The van der Waals surface area contributed by atoms with Crippen LogP contribution in [0.25, 0.3) is 5.57 Å². The van der Waals surface area contributed by atoms with Gasteiger partial charge in [0.05, 0.1) is 5.54 Å². The highest BCUT2D eigenvalue weighted by molar-refractivity contribution is 5.76. The number of hydrogen-bond donors (Lipinski definition) is 1. The van der Waals surface area contributed by atoms with Crippen LogP contribution >= 0.6 is 0 Å². The summed E-state index contributed by atoms with van der Waals surface area (Å²) in [6, 6.07) is 19.1. The fourth-order valence-electron chi connectivity index (χ4n) is 3.27. The van der Waals surface area contributed by atoms with Crippen LogP contribution in [0.5, 0.6) is 0 Å². The van der Waals surface area contributed by atoms with Gasteiger partial charge in [-0.1, -0.05) is 87.5 Å². The molecule has 124 valence electrons. The Morgan fingerprint density at radius 1 is 0.917 bits per heavy atom. The summed E-state index contributed by atoms with van der Waals surface area (Å²) in [5.74, 6) is 0. The third-order valence-corrected chi connectivity index (χ3v) is 5.14. The van der Waals surface area contributed by atoms with E-state index in [9.17, 15) is 0 Å². The first-order valence-electron chi connectivity index (χ1n) is 8.70. The Kier molecular flexibility index (Phi) is 4.36. The summed E-state index contributed by atoms with van der Waals surface area (Å²) in [7, 11) is 0. The van der Waals surface area contributed by atoms with Crippen LogP contribution < -0.4 is 5.32 Å². The fraction of sp³-hybridized carbons (Fsp3) is 0.304. The van der Waals surface area contributed by atoms with Gasteiger partial charge in [0, 0.05) is 5.69 Å². The molecule has 1 aliphatic rings. The summed E-state index contributed by atoms with van der Waals surface area (Å²) in [5, 5.41) is 3.84. The van der Waals surface area contributed by atoms with Gasteiger partial charge >= 0.3 is 0 Å². The van der Waals surface area contributed by atoms with Crippen molar-refractivity contribution in [1.29, 1.82) is 0 Å². The van der Waals surface area contributed by atoms with Gasteiger partial charge in [-0.05, 0) is 41.5 Å². The normalized spacial score (nSPS) is 20.6. The molecule has 0 spiro atoms. The van der Waals surface area contributed by atoms with Crippen molar-refractivity contribution in [2.45, 2.75) is 39.7 Å². The molecule has 1 nitrogen and oxygen atoms in total. The fourth-order valence-corrected chi connectivity index (χ4v) is 3.27. The summed E-state index contributed by atoms with van der Waals surface area (Å²) in [5.41, 5.74) is 5.11. The molecular weight excluding hydrogens is 290 g/mol. The molecule has 24 heavy (non-hydrogen) atoms. The number of allylic oxidation sites excluding steroid dienone is 2. The number of hydrogen-bond acceptors (Lipinski definition) is 1. The van der Waals surface area contributed by atoms with Gasteiger partial charge < -0.3 is 5.32 Å². The Labute approximate surface area is 146 Å². The number of anilines is 1. The van der Waals surface area contributed by atoms with Gasteiger partial charge in [-0.3, -0.25) is 0 Å². The van der Waals surface area contributed by atoms with E-state index >= 15 is 0 Å². The van der Waals surface area contributed by atoms with E-state index < -0.39 is 0 Å². The molecule has 1 heteroatoms. The van der Waals surface area contributed by atoms with Crippen LogP contribution in [0, 0.1) is 12.3 Å². The van der Waals surface area contributed by atoms with Gasteiger partial charge in [-0.15, -0.1) is 0 Å². The van der Waals surface area contributed by atoms with Crippen LogP contribution in [0.15, 0.2) is 72.8 Å². The SMILES string of the molecule is Cc1ccccc1NC1(C(C)(C)C)C=CC(c2ccccc2)=CC1. The van der Waals surface area contributed by atoms with Crippen molar-refractivity contribution in [3.63, 3.8) is 0 Å². The maximum Gasteiger partial charge on any atom is 0.0642 e. The molecule has 0 fully saturated rings. The molecule has 2 aromatic rings. The lowest BCUT2D eigenvalue weighted by Crippen LogP contribution is -2.48. The highest BCUT2D eigenvalue weighted by atomic mass is 15.0. The van der Waals surface area contributed by atoms with E-state index in [1.807, 2.05) is 0 Å². The van der Waals surface area contributed by atoms with E-state index in [-0.39, 0.29) is 11.0 Å². The van der Waals surface area contributed by atoms with E-state index in [4.69, 9.17) is 0 Å². The van der Waals surface area contributed by atoms with Crippen molar-refractivity contribution in [3.8, 4) is 0 Å². The second kappa shape index (κ2) is 6.32. The molecule has 1 atom stereocenters. The van der Waals surface area contributed by atoms with Crippen LogP contribution in [0.1, 0.15) is 38.3 Å². The lowest BCUT2D eigenvalue weighted by Gasteiger charge is -2.45. The minimum absolute atomic E-state index is 0.0859. The summed E-state index contributed by atoms with van der Waals surface area (Å²) < 4.78 is 0. The van der Waals surface area contributed by atoms with Crippen LogP contribution in [0.4, 0.5) is 5.69 Å². The first-order valence-corrected chi connectivity index (χ1v) is 8.70. The summed E-state index contributed by atoms with van der Waals surface area (Å²) in [4.78, 5) is 0. The monoisotopic (exact) mass is 317 g/mol.